The van der Waals surface area contributed by atoms with Crippen LogP contribution in [0, 0.1) is 0 Å². The first kappa shape index (κ1) is 16.7. The molecule has 1 unspecified atom stereocenters. The van der Waals surface area contributed by atoms with Crippen molar-refractivity contribution in [3.05, 3.63) is 40.5 Å². The van der Waals surface area contributed by atoms with Crippen LogP contribution in [0.5, 0.6) is 5.75 Å². The number of epoxide rings is 1. The molecule has 1 fully saturated rings. The highest BCUT2D eigenvalue weighted by atomic mass is 16.6. The topological polar surface area (TPSA) is 70.1 Å². The molecule has 22 heavy (non-hydrogen) atoms. The Morgan fingerprint density at radius 1 is 1.32 bits per heavy atom. The second-order valence-electron chi connectivity index (χ2n) is 6.53. The summed E-state index contributed by atoms with van der Waals surface area (Å²) in [6.07, 6.45) is 3.01. The van der Waals surface area contributed by atoms with E-state index in [1.54, 1.807) is 12.1 Å². The van der Waals surface area contributed by atoms with Gasteiger partial charge in [-0.15, -0.1) is 0 Å². The van der Waals surface area contributed by atoms with Gasteiger partial charge in [-0.1, -0.05) is 11.6 Å². The summed E-state index contributed by atoms with van der Waals surface area (Å²) in [7, 11) is 0. The number of ether oxygens (including phenoxy) is 1. The highest BCUT2D eigenvalue weighted by Crippen LogP contribution is 2.40. The fraction of sp³-hybridized carbons (Fsp3) is 0.500. The summed E-state index contributed by atoms with van der Waals surface area (Å²) in [6, 6.07) is 3.47. The molecule has 4 nitrogen and oxygen atoms in total. The minimum atomic E-state index is -0.161. The number of rotatable bonds is 6. The molecular formula is C18H24O4. The number of carbonyl (C=O) groups excluding carboxylic acids is 1. The molecule has 0 radical (unpaired) electrons. The zero-order valence-electron chi connectivity index (χ0n) is 13.6. The molecule has 1 heterocycles. The third-order valence-electron chi connectivity index (χ3n) is 4.16. The molecule has 4 heteroatoms. The van der Waals surface area contributed by atoms with Crippen molar-refractivity contribution in [1.82, 2.24) is 0 Å². The second-order valence-corrected chi connectivity index (χ2v) is 6.53. The van der Waals surface area contributed by atoms with E-state index in [2.05, 4.69) is 0 Å². The van der Waals surface area contributed by atoms with Gasteiger partial charge >= 0.3 is 0 Å². The Kier molecular flexibility index (Phi) is 4.73. The van der Waals surface area contributed by atoms with Crippen molar-refractivity contribution >= 4 is 5.78 Å². The van der Waals surface area contributed by atoms with Crippen molar-refractivity contribution in [3.63, 3.8) is 0 Å². The number of hydrogen-bond donors (Lipinski definition) is 2. The molecule has 0 amide bonds. The van der Waals surface area contributed by atoms with Crippen LogP contribution < -0.4 is 0 Å². The van der Waals surface area contributed by atoms with Crippen LogP contribution in [0.4, 0.5) is 0 Å². The molecule has 1 atom stereocenters. The van der Waals surface area contributed by atoms with Gasteiger partial charge in [0.2, 0.25) is 0 Å². The number of aliphatic hydroxyl groups is 1. The van der Waals surface area contributed by atoms with Crippen molar-refractivity contribution in [1.29, 1.82) is 0 Å². The number of carbonyl (C=O) groups is 1. The number of aromatic hydroxyl groups is 1. The Bertz CT molecular complexity index is 614. The summed E-state index contributed by atoms with van der Waals surface area (Å²) >= 11 is 0. The maximum atomic E-state index is 11.7. The molecule has 0 aliphatic carbocycles. The van der Waals surface area contributed by atoms with Crippen LogP contribution in [-0.4, -0.2) is 34.3 Å². The lowest BCUT2D eigenvalue weighted by atomic mass is 9.95. The van der Waals surface area contributed by atoms with E-state index in [1.165, 1.54) is 6.92 Å². The molecule has 1 aliphatic rings. The molecule has 2 rings (SSSR count). The van der Waals surface area contributed by atoms with Gasteiger partial charge in [-0.25, -0.2) is 0 Å². The number of aliphatic hydroxyl groups excluding tert-OH is 1. The largest absolute Gasteiger partial charge is 0.507 e. The Hall–Kier alpha value is -1.65. The fourth-order valence-corrected chi connectivity index (χ4v) is 2.44. The maximum absolute atomic E-state index is 11.7. The number of Topliss-reactive ketones (excluding diaryl/α,β-unsaturated/α-hetero) is 1. The Labute approximate surface area is 131 Å². The molecule has 0 saturated carbocycles. The average Bonchev–Trinajstić information content (AvgIpc) is 3.05. The molecule has 0 aromatic heterocycles. The highest BCUT2D eigenvalue weighted by molar-refractivity contribution is 5.94. The molecule has 1 saturated heterocycles. The number of phenols is 1. The van der Waals surface area contributed by atoms with Gasteiger partial charge in [0.05, 0.1) is 18.3 Å². The van der Waals surface area contributed by atoms with Crippen molar-refractivity contribution in [3.8, 4) is 5.75 Å². The van der Waals surface area contributed by atoms with Crippen molar-refractivity contribution in [2.45, 2.75) is 52.2 Å². The van der Waals surface area contributed by atoms with Crippen LogP contribution in [0.1, 0.15) is 49.2 Å². The minimum absolute atomic E-state index is 0.00980. The first-order valence-electron chi connectivity index (χ1n) is 7.54. The molecule has 1 aromatic rings. The van der Waals surface area contributed by atoms with Gasteiger partial charge in [0.25, 0.3) is 0 Å². The lowest BCUT2D eigenvalue weighted by Gasteiger charge is -2.11. The van der Waals surface area contributed by atoms with E-state index in [0.29, 0.717) is 24.0 Å². The van der Waals surface area contributed by atoms with Crippen molar-refractivity contribution in [2.75, 3.05) is 6.61 Å². The fourth-order valence-electron chi connectivity index (χ4n) is 2.44. The van der Waals surface area contributed by atoms with Gasteiger partial charge in [0, 0.05) is 12.0 Å². The first-order chi connectivity index (χ1) is 10.2. The predicted molar refractivity (Wildman–Crippen MR) is 85.3 cm³/mol. The molecule has 120 valence electrons. The molecule has 1 aliphatic heterocycles. The van der Waals surface area contributed by atoms with Crippen LogP contribution in [0.15, 0.2) is 23.8 Å². The van der Waals surface area contributed by atoms with Crippen LogP contribution in [-0.2, 0) is 17.6 Å². The van der Waals surface area contributed by atoms with Gasteiger partial charge < -0.3 is 14.9 Å². The minimum Gasteiger partial charge on any atom is -0.507 e. The highest BCUT2D eigenvalue weighted by Gasteiger charge is 2.47. The number of ketones is 1. The van der Waals surface area contributed by atoms with Crippen molar-refractivity contribution < 1.29 is 19.7 Å². The molecular weight excluding hydrogens is 280 g/mol. The summed E-state index contributed by atoms with van der Waals surface area (Å²) in [5.41, 5.74) is 2.71. The summed E-state index contributed by atoms with van der Waals surface area (Å²) < 4.78 is 5.58. The number of benzene rings is 1. The molecule has 0 bridgehead atoms. The van der Waals surface area contributed by atoms with Crippen molar-refractivity contribution in [2.24, 2.45) is 0 Å². The third-order valence-corrected chi connectivity index (χ3v) is 4.16. The third kappa shape index (κ3) is 3.76. The van der Waals surface area contributed by atoms with E-state index in [1.807, 2.05) is 26.8 Å². The number of phenolic OH excluding ortho intramolecular Hbond substituents is 1. The maximum Gasteiger partial charge on any atom is 0.159 e. The summed E-state index contributed by atoms with van der Waals surface area (Å²) in [5.74, 6) is 0.194. The van der Waals surface area contributed by atoms with E-state index < -0.39 is 0 Å². The van der Waals surface area contributed by atoms with E-state index in [9.17, 15) is 9.90 Å². The standard InChI is InChI=1S/C18H24O4/c1-11(10-19)5-6-13-7-14(12(2)20)8-15(17(13)21)9-16-18(3,4)22-16/h5,7-8,16,19,21H,6,9-10H2,1-4H3. The summed E-state index contributed by atoms with van der Waals surface area (Å²) in [5, 5.41) is 19.5. The van der Waals surface area contributed by atoms with Gasteiger partial charge in [-0.05, 0) is 57.4 Å². The van der Waals surface area contributed by atoms with E-state index in [4.69, 9.17) is 9.84 Å². The normalized spacial score (nSPS) is 20.0. The van der Waals surface area contributed by atoms with Crippen LogP contribution in [0.25, 0.3) is 0 Å². The van der Waals surface area contributed by atoms with E-state index >= 15 is 0 Å². The Balaban J connectivity index is 2.32. The van der Waals surface area contributed by atoms with Gasteiger partial charge in [-0.3, -0.25) is 4.79 Å². The lowest BCUT2D eigenvalue weighted by Crippen LogP contribution is -2.07. The Morgan fingerprint density at radius 2 is 1.91 bits per heavy atom. The second kappa shape index (κ2) is 6.23. The number of allylic oxidation sites excluding steroid dienone is 1. The van der Waals surface area contributed by atoms with E-state index in [0.717, 1.165) is 11.1 Å². The molecule has 1 aromatic carbocycles. The smallest absolute Gasteiger partial charge is 0.159 e. The van der Waals surface area contributed by atoms with Crippen LogP contribution in [0.3, 0.4) is 0 Å². The monoisotopic (exact) mass is 304 g/mol. The first-order valence-corrected chi connectivity index (χ1v) is 7.54. The van der Waals surface area contributed by atoms with Gasteiger partial charge in [0.15, 0.2) is 5.78 Å². The van der Waals surface area contributed by atoms with E-state index in [-0.39, 0.29) is 29.8 Å². The predicted octanol–water partition coefficient (Wildman–Crippen LogP) is 2.80. The number of hydrogen-bond acceptors (Lipinski definition) is 4. The average molecular weight is 304 g/mol. The Morgan fingerprint density at radius 3 is 2.41 bits per heavy atom. The quantitative estimate of drug-likeness (QED) is 0.482. The lowest BCUT2D eigenvalue weighted by molar-refractivity contribution is 0.101. The van der Waals surface area contributed by atoms with Gasteiger partial charge in [0.1, 0.15) is 5.75 Å². The zero-order chi connectivity index (χ0) is 16.5. The zero-order valence-corrected chi connectivity index (χ0v) is 13.6. The summed E-state index contributed by atoms with van der Waals surface area (Å²) in [6.45, 7) is 7.36. The van der Waals surface area contributed by atoms with Crippen LogP contribution in [0.2, 0.25) is 0 Å². The molecule has 0 spiro atoms. The molecule has 2 N–H and O–H groups in total. The summed E-state index contributed by atoms with van der Waals surface area (Å²) in [4.78, 5) is 11.7. The van der Waals surface area contributed by atoms with Crippen LogP contribution >= 0.6 is 0 Å². The SMILES string of the molecule is CC(=O)c1cc(CC=C(C)CO)c(O)c(CC2OC2(C)C)c1. The van der Waals surface area contributed by atoms with Gasteiger partial charge in [-0.2, -0.15) is 0 Å².